The van der Waals surface area contributed by atoms with Crippen LogP contribution in [0.3, 0.4) is 0 Å². The highest BCUT2D eigenvalue weighted by atomic mass is 35.5. The normalized spacial score (nSPS) is 20.3. The minimum absolute atomic E-state index is 0.196. The van der Waals surface area contributed by atoms with Crippen molar-refractivity contribution < 1.29 is 19.0 Å². The number of amides is 2. The van der Waals surface area contributed by atoms with Crippen LogP contribution in [0.2, 0.25) is 10.0 Å². The molecule has 0 radical (unpaired) electrons. The van der Waals surface area contributed by atoms with Crippen LogP contribution in [0.1, 0.15) is 5.56 Å². The monoisotopic (exact) mass is 477 g/mol. The molecule has 2 heterocycles. The van der Waals surface area contributed by atoms with Gasteiger partial charge < -0.3 is 24.5 Å². The van der Waals surface area contributed by atoms with Crippen molar-refractivity contribution in [3.63, 3.8) is 0 Å². The largest absolute Gasteiger partial charge is 0.491 e. The Morgan fingerprint density at radius 1 is 1.31 bits per heavy atom. The molecular formula is C21H21Cl2N5O4. The lowest BCUT2D eigenvalue weighted by atomic mass is 10.1. The second-order valence-electron chi connectivity index (χ2n) is 7.18. The molecule has 0 aliphatic carbocycles. The fourth-order valence-electron chi connectivity index (χ4n) is 3.41. The van der Waals surface area contributed by atoms with Crippen LogP contribution in [-0.4, -0.2) is 34.9 Å². The van der Waals surface area contributed by atoms with Crippen molar-refractivity contribution in [2.24, 2.45) is 11.6 Å². The van der Waals surface area contributed by atoms with Crippen molar-refractivity contribution in [1.82, 2.24) is 9.55 Å². The number of carbonyl (C=O) groups excluding carboxylic acids is 1. The van der Waals surface area contributed by atoms with E-state index < -0.39 is 11.8 Å². The molecular weight excluding hydrogens is 457 g/mol. The van der Waals surface area contributed by atoms with Crippen LogP contribution in [0.4, 0.5) is 10.5 Å². The number of imidazole rings is 1. The van der Waals surface area contributed by atoms with Gasteiger partial charge in [0.2, 0.25) is 5.79 Å². The highest BCUT2D eigenvalue weighted by molar-refractivity contribution is 6.35. The molecule has 32 heavy (non-hydrogen) atoms. The predicted octanol–water partition coefficient (Wildman–Crippen LogP) is 3.30. The number of nitrogens with two attached hydrogens (primary N) is 2. The number of rotatable bonds is 7. The van der Waals surface area contributed by atoms with Crippen LogP contribution in [0.25, 0.3) is 0 Å². The van der Waals surface area contributed by atoms with Gasteiger partial charge in [-0.05, 0) is 24.3 Å². The van der Waals surface area contributed by atoms with Crippen molar-refractivity contribution in [2.45, 2.75) is 18.4 Å². The number of anilines is 1. The predicted molar refractivity (Wildman–Crippen MR) is 119 cm³/mol. The van der Waals surface area contributed by atoms with Gasteiger partial charge in [0.05, 0.1) is 30.2 Å². The molecule has 0 bridgehead atoms. The number of benzene rings is 2. The Labute approximate surface area is 194 Å². The first-order valence-electron chi connectivity index (χ1n) is 9.66. The van der Waals surface area contributed by atoms with Crippen LogP contribution in [0.15, 0.2) is 61.2 Å². The highest BCUT2D eigenvalue weighted by Gasteiger charge is 2.45. The number of ether oxygens (including phenoxy) is 3. The van der Waals surface area contributed by atoms with Crippen molar-refractivity contribution in [1.29, 1.82) is 0 Å². The maximum atomic E-state index is 11.3. The summed E-state index contributed by atoms with van der Waals surface area (Å²) in [5, 5.41) is 1.78. The van der Waals surface area contributed by atoms with Crippen LogP contribution in [0, 0.1) is 0 Å². The standard InChI is InChI=1S/C21H21Cl2N5O4/c22-14-4-5-18(19(23)8-14)21(12-27-7-6-26-13-27)31-11-17(32-21)10-30-16-3-1-2-15(9-16)28(25)20(24)29/h1-9,13,17H,10-12,25H2,(H2,24,29). The lowest BCUT2D eigenvalue weighted by Crippen LogP contribution is -2.41. The average molecular weight is 478 g/mol. The van der Waals surface area contributed by atoms with E-state index in [1.165, 1.54) is 0 Å². The van der Waals surface area contributed by atoms with Crippen LogP contribution < -0.4 is 21.3 Å². The van der Waals surface area contributed by atoms with Crippen LogP contribution >= 0.6 is 23.2 Å². The first kappa shape index (κ1) is 22.4. The summed E-state index contributed by atoms with van der Waals surface area (Å²) >= 11 is 12.5. The minimum Gasteiger partial charge on any atom is -0.491 e. The Kier molecular flexibility index (Phi) is 6.54. The van der Waals surface area contributed by atoms with Crippen LogP contribution in [-0.2, 0) is 21.8 Å². The molecule has 3 aromatic rings. The van der Waals surface area contributed by atoms with Gasteiger partial charge in [-0.25, -0.2) is 20.6 Å². The fourth-order valence-corrected chi connectivity index (χ4v) is 3.97. The van der Waals surface area contributed by atoms with E-state index in [1.54, 1.807) is 55.0 Å². The number of aromatic nitrogens is 2. The number of hydrogen-bond donors (Lipinski definition) is 2. The molecule has 1 aliphatic rings. The van der Waals surface area contributed by atoms with Gasteiger partial charge in [0.1, 0.15) is 18.5 Å². The molecule has 0 spiro atoms. The summed E-state index contributed by atoms with van der Waals surface area (Å²) in [6.45, 7) is 0.806. The number of halogens is 2. The Bertz CT molecular complexity index is 1100. The Balaban J connectivity index is 1.50. The van der Waals surface area contributed by atoms with Crippen molar-refractivity contribution in [3.05, 3.63) is 76.8 Å². The zero-order chi connectivity index (χ0) is 22.7. The second kappa shape index (κ2) is 9.35. The third kappa shape index (κ3) is 4.82. The second-order valence-corrected chi connectivity index (χ2v) is 8.02. The molecule has 9 nitrogen and oxygen atoms in total. The Morgan fingerprint density at radius 3 is 2.88 bits per heavy atom. The van der Waals surface area contributed by atoms with E-state index in [0.29, 0.717) is 33.6 Å². The van der Waals surface area contributed by atoms with Gasteiger partial charge >= 0.3 is 6.03 Å². The van der Waals surface area contributed by atoms with Gasteiger partial charge in [-0.1, -0.05) is 35.3 Å². The van der Waals surface area contributed by atoms with Gasteiger partial charge in [0, 0.05) is 29.0 Å². The van der Waals surface area contributed by atoms with E-state index in [1.807, 2.05) is 10.8 Å². The maximum absolute atomic E-state index is 11.3. The molecule has 2 amide bonds. The van der Waals surface area contributed by atoms with E-state index in [2.05, 4.69) is 4.98 Å². The van der Waals surface area contributed by atoms with E-state index in [-0.39, 0.29) is 19.3 Å². The Hall–Kier alpha value is -2.82. The van der Waals surface area contributed by atoms with E-state index in [4.69, 9.17) is 49.0 Å². The first-order valence-corrected chi connectivity index (χ1v) is 10.4. The number of urea groups is 1. The van der Waals surface area contributed by atoms with Gasteiger partial charge in [-0.2, -0.15) is 0 Å². The highest BCUT2D eigenvalue weighted by Crippen LogP contribution is 2.40. The topological polar surface area (TPSA) is 118 Å². The summed E-state index contributed by atoms with van der Waals surface area (Å²) in [5.74, 6) is 5.00. The summed E-state index contributed by atoms with van der Waals surface area (Å²) in [6.07, 6.45) is 4.77. The fraction of sp³-hybridized carbons (Fsp3) is 0.238. The molecule has 4 N–H and O–H groups in total. The molecule has 2 atom stereocenters. The van der Waals surface area contributed by atoms with E-state index >= 15 is 0 Å². The van der Waals surface area contributed by atoms with E-state index in [0.717, 1.165) is 5.01 Å². The number of nitrogens with zero attached hydrogens (tertiary/aromatic N) is 3. The third-order valence-corrected chi connectivity index (χ3v) is 5.47. The quantitative estimate of drug-likeness (QED) is 0.306. The summed E-state index contributed by atoms with van der Waals surface area (Å²) in [7, 11) is 0. The molecule has 1 aliphatic heterocycles. The lowest BCUT2D eigenvalue weighted by molar-refractivity contribution is -0.189. The minimum atomic E-state index is -1.14. The van der Waals surface area contributed by atoms with Crippen molar-refractivity contribution in [2.75, 3.05) is 18.2 Å². The zero-order valence-electron chi connectivity index (χ0n) is 16.9. The number of carbonyl (C=O) groups is 1. The molecule has 1 saturated heterocycles. The number of hydrazine groups is 1. The summed E-state index contributed by atoms with van der Waals surface area (Å²) in [6, 6.07) is 11.1. The van der Waals surface area contributed by atoms with Crippen molar-refractivity contribution >= 4 is 34.9 Å². The molecule has 0 saturated carbocycles. The van der Waals surface area contributed by atoms with Crippen LogP contribution in [0.5, 0.6) is 5.75 Å². The molecule has 2 aromatic carbocycles. The average Bonchev–Trinajstić information content (AvgIpc) is 3.42. The third-order valence-electron chi connectivity index (χ3n) is 4.92. The maximum Gasteiger partial charge on any atom is 0.333 e. The summed E-state index contributed by atoms with van der Waals surface area (Å²) in [4.78, 5) is 15.4. The smallest absolute Gasteiger partial charge is 0.333 e. The molecule has 4 rings (SSSR count). The molecule has 168 valence electrons. The Morgan fingerprint density at radius 2 is 2.16 bits per heavy atom. The molecule has 2 unspecified atom stereocenters. The molecule has 1 fully saturated rings. The lowest BCUT2D eigenvalue weighted by Gasteiger charge is -2.30. The number of primary amides is 1. The van der Waals surface area contributed by atoms with Gasteiger partial charge in [-0.3, -0.25) is 0 Å². The number of hydrogen-bond acceptors (Lipinski definition) is 6. The van der Waals surface area contributed by atoms with Gasteiger partial charge in [-0.15, -0.1) is 0 Å². The zero-order valence-corrected chi connectivity index (χ0v) is 18.4. The summed E-state index contributed by atoms with van der Waals surface area (Å²) in [5.41, 5.74) is 6.27. The van der Waals surface area contributed by atoms with Crippen molar-refractivity contribution in [3.8, 4) is 5.75 Å². The summed E-state index contributed by atoms with van der Waals surface area (Å²) < 4.78 is 20.2. The molecule has 1 aromatic heterocycles. The SMILES string of the molecule is NC(=O)N(N)c1cccc(OCC2COC(Cn3ccnc3)(c3ccc(Cl)cc3Cl)O2)c1. The van der Waals surface area contributed by atoms with Gasteiger partial charge in [0.15, 0.2) is 0 Å². The van der Waals surface area contributed by atoms with Gasteiger partial charge in [0.25, 0.3) is 0 Å². The first-order chi connectivity index (χ1) is 15.4. The molecule has 11 heteroatoms. The van der Waals surface area contributed by atoms with E-state index in [9.17, 15) is 4.79 Å².